The number of rotatable bonds is 3. The van der Waals surface area contributed by atoms with Crippen molar-refractivity contribution >= 4 is 5.78 Å². The lowest BCUT2D eigenvalue weighted by Crippen LogP contribution is -2.36. The molecule has 0 spiro atoms. The molecule has 1 aliphatic carbocycles. The van der Waals surface area contributed by atoms with E-state index in [1.54, 1.807) is 0 Å². The summed E-state index contributed by atoms with van der Waals surface area (Å²) in [7, 11) is 0. The van der Waals surface area contributed by atoms with E-state index in [9.17, 15) is 4.79 Å². The maximum absolute atomic E-state index is 11.8. The van der Waals surface area contributed by atoms with Gasteiger partial charge in [0.1, 0.15) is 5.60 Å². The van der Waals surface area contributed by atoms with Crippen LogP contribution >= 0.6 is 0 Å². The second-order valence-corrected chi connectivity index (χ2v) is 4.61. The fourth-order valence-electron chi connectivity index (χ4n) is 2.17. The number of carbonyl (C=O) groups excluding carboxylic acids is 1. The average Bonchev–Trinajstić information content (AvgIpc) is 2.45. The summed E-state index contributed by atoms with van der Waals surface area (Å²) in [4.78, 5) is 11.8. The number of hydrogen-bond donors (Lipinski definition) is 0. The third kappa shape index (κ3) is 1.78. The summed E-state index contributed by atoms with van der Waals surface area (Å²) < 4.78 is 5.52. The molecule has 1 saturated heterocycles. The largest absolute Gasteiger partial charge is 0.368 e. The number of Topliss-reactive ketones (excluding diaryl/α,β-unsaturated/α-hetero) is 1. The van der Waals surface area contributed by atoms with Crippen molar-refractivity contribution in [1.29, 1.82) is 0 Å². The lowest BCUT2D eigenvalue weighted by Gasteiger charge is -2.29. The van der Waals surface area contributed by atoms with E-state index in [1.165, 1.54) is 19.3 Å². The highest BCUT2D eigenvalue weighted by molar-refractivity contribution is 5.87. The van der Waals surface area contributed by atoms with Crippen LogP contribution in [-0.2, 0) is 9.53 Å². The third-order valence-corrected chi connectivity index (χ3v) is 3.51. The standard InChI is InChI=1S/C11H18O2/c1-11(6-3-7-13-11)10(12)8-9-4-2-5-9/h9H,2-8H2,1H3. The predicted molar refractivity (Wildman–Crippen MR) is 50.6 cm³/mol. The van der Waals surface area contributed by atoms with E-state index in [0.29, 0.717) is 11.7 Å². The summed E-state index contributed by atoms with van der Waals surface area (Å²) in [6, 6.07) is 0. The van der Waals surface area contributed by atoms with Crippen LogP contribution in [0.1, 0.15) is 45.4 Å². The molecular weight excluding hydrogens is 164 g/mol. The molecule has 0 aromatic carbocycles. The molecule has 2 fully saturated rings. The monoisotopic (exact) mass is 182 g/mol. The van der Waals surface area contributed by atoms with E-state index in [2.05, 4.69) is 0 Å². The molecule has 2 rings (SSSR count). The molecule has 1 unspecified atom stereocenters. The zero-order valence-corrected chi connectivity index (χ0v) is 8.34. The molecule has 1 saturated carbocycles. The molecule has 0 bridgehead atoms. The molecule has 2 aliphatic rings. The van der Waals surface area contributed by atoms with E-state index >= 15 is 0 Å². The highest BCUT2D eigenvalue weighted by atomic mass is 16.5. The molecule has 0 radical (unpaired) electrons. The van der Waals surface area contributed by atoms with Gasteiger partial charge in [-0.05, 0) is 25.7 Å². The zero-order valence-electron chi connectivity index (χ0n) is 8.34. The van der Waals surface area contributed by atoms with Crippen LogP contribution in [0.4, 0.5) is 0 Å². The second kappa shape index (κ2) is 3.41. The van der Waals surface area contributed by atoms with Crippen LogP contribution in [0, 0.1) is 5.92 Å². The van der Waals surface area contributed by atoms with Crippen molar-refractivity contribution in [2.75, 3.05) is 6.61 Å². The van der Waals surface area contributed by atoms with Gasteiger partial charge in [-0.2, -0.15) is 0 Å². The van der Waals surface area contributed by atoms with Gasteiger partial charge in [-0.25, -0.2) is 0 Å². The molecular formula is C11H18O2. The molecule has 1 aliphatic heterocycles. The van der Waals surface area contributed by atoms with Crippen LogP contribution in [0.5, 0.6) is 0 Å². The first kappa shape index (κ1) is 9.20. The van der Waals surface area contributed by atoms with Crippen molar-refractivity contribution in [2.45, 2.75) is 51.0 Å². The van der Waals surface area contributed by atoms with Crippen molar-refractivity contribution in [3.63, 3.8) is 0 Å². The Morgan fingerprint density at radius 2 is 2.23 bits per heavy atom. The zero-order chi connectivity index (χ0) is 9.31. The highest BCUT2D eigenvalue weighted by Gasteiger charge is 2.38. The maximum Gasteiger partial charge on any atom is 0.164 e. The minimum atomic E-state index is -0.421. The van der Waals surface area contributed by atoms with Gasteiger partial charge in [0.2, 0.25) is 0 Å². The Kier molecular flexibility index (Phi) is 2.41. The topological polar surface area (TPSA) is 26.3 Å². The van der Waals surface area contributed by atoms with Crippen LogP contribution in [0.3, 0.4) is 0 Å². The van der Waals surface area contributed by atoms with Crippen molar-refractivity contribution in [3.8, 4) is 0 Å². The fourth-order valence-corrected chi connectivity index (χ4v) is 2.17. The van der Waals surface area contributed by atoms with Gasteiger partial charge in [0.15, 0.2) is 5.78 Å². The average molecular weight is 182 g/mol. The number of ether oxygens (including phenoxy) is 1. The van der Waals surface area contributed by atoms with Crippen LogP contribution in [-0.4, -0.2) is 18.0 Å². The van der Waals surface area contributed by atoms with Gasteiger partial charge in [0.25, 0.3) is 0 Å². The minimum absolute atomic E-state index is 0.342. The SMILES string of the molecule is CC1(C(=O)CC2CCC2)CCCO1. The highest BCUT2D eigenvalue weighted by Crippen LogP contribution is 2.34. The first-order valence-electron chi connectivity index (χ1n) is 5.38. The molecule has 1 atom stereocenters. The summed E-state index contributed by atoms with van der Waals surface area (Å²) in [6.45, 7) is 2.73. The number of hydrogen-bond acceptors (Lipinski definition) is 2. The summed E-state index contributed by atoms with van der Waals surface area (Å²) in [5.41, 5.74) is -0.421. The van der Waals surface area contributed by atoms with Crippen LogP contribution in [0.25, 0.3) is 0 Å². The molecule has 13 heavy (non-hydrogen) atoms. The molecule has 0 N–H and O–H groups in total. The molecule has 0 aromatic rings. The summed E-state index contributed by atoms with van der Waals surface area (Å²) in [6.07, 6.45) is 6.56. The lowest BCUT2D eigenvalue weighted by molar-refractivity contribution is -0.138. The fraction of sp³-hybridized carbons (Fsp3) is 0.909. The van der Waals surface area contributed by atoms with Crippen molar-refractivity contribution < 1.29 is 9.53 Å². The summed E-state index contributed by atoms with van der Waals surface area (Å²) in [5, 5.41) is 0. The first-order chi connectivity index (χ1) is 6.21. The van der Waals surface area contributed by atoms with E-state index in [-0.39, 0.29) is 0 Å². The number of ketones is 1. The van der Waals surface area contributed by atoms with Gasteiger partial charge in [-0.1, -0.05) is 19.3 Å². The van der Waals surface area contributed by atoms with Crippen LogP contribution in [0.15, 0.2) is 0 Å². The van der Waals surface area contributed by atoms with Gasteiger partial charge >= 0.3 is 0 Å². The van der Waals surface area contributed by atoms with Crippen LogP contribution in [0.2, 0.25) is 0 Å². The normalized spacial score (nSPS) is 34.5. The summed E-state index contributed by atoms with van der Waals surface area (Å²) in [5.74, 6) is 1.02. The van der Waals surface area contributed by atoms with Gasteiger partial charge in [-0.15, -0.1) is 0 Å². The van der Waals surface area contributed by atoms with Gasteiger partial charge in [0, 0.05) is 13.0 Å². The Bertz CT molecular complexity index is 200. The van der Waals surface area contributed by atoms with Gasteiger partial charge in [-0.3, -0.25) is 4.79 Å². The van der Waals surface area contributed by atoms with Gasteiger partial charge in [0.05, 0.1) is 0 Å². The Balaban J connectivity index is 1.87. The number of carbonyl (C=O) groups is 1. The maximum atomic E-state index is 11.8. The molecule has 74 valence electrons. The third-order valence-electron chi connectivity index (χ3n) is 3.51. The Hall–Kier alpha value is -0.370. The van der Waals surface area contributed by atoms with E-state index in [1.807, 2.05) is 6.92 Å². The minimum Gasteiger partial charge on any atom is -0.368 e. The van der Waals surface area contributed by atoms with E-state index in [0.717, 1.165) is 25.9 Å². The Morgan fingerprint density at radius 3 is 2.69 bits per heavy atom. The van der Waals surface area contributed by atoms with Gasteiger partial charge < -0.3 is 4.74 Å². The lowest BCUT2D eigenvalue weighted by atomic mass is 9.79. The van der Waals surface area contributed by atoms with Crippen molar-refractivity contribution in [2.24, 2.45) is 5.92 Å². The Labute approximate surface area is 79.7 Å². The molecule has 0 aromatic heterocycles. The Morgan fingerprint density at radius 1 is 1.46 bits per heavy atom. The molecule has 2 heteroatoms. The summed E-state index contributed by atoms with van der Waals surface area (Å²) >= 11 is 0. The quantitative estimate of drug-likeness (QED) is 0.669. The second-order valence-electron chi connectivity index (χ2n) is 4.61. The van der Waals surface area contributed by atoms with Crippen molar-refractivity contribution in [3.05, 3.63) is 0 Å². The predicted octanol–water partition coefficient (Wildman–Crippen LogP) is 2.31. The molecule has 1 heterocycles. The van der Waals surface area contributed by atoms with E-state index in [4.69, 9.17) is 4.74 Å². The molecule has 0 amide bonds. The smallest absolute Gasteiger partial charge is 0.164 e. The van der Waals surface area contributed by atoms with Crippen LogP contribution < -0.4 is 0 Å². The first-order valence-corrected chi connectivity index (χ1v) is 5.38. The van der Waals surface area contributed by atoms with E-state index < -0.39 is 5.60 Å². The van der Waals surface area contributed by atoms with Crippen molar-refractivity contribution in [1.82, 2.24) is 0 Å². The molecule has 2 nitrogen and oxygen atoms in total.